The van der Waals surface area contributed by atoms with Crippen LogP contribution < -0.4 is 0 Å². The van der Waals surface area contributed by atoms with Gasteiger partial charge < -0.3 is 8.97 Å². The molecule has 8 aromatic rings. The molecule has 4 aromatic heterocycles. The van der Waals surface area contributed by atoms with Gasteiger partial charge in [0.05, 0.1) is 27.6 Å². The summed E-state index contributed by atoms with van der Waals surface area (Å²) in [6, 6.07) is 43.8. The number of pyridine rings is 1. The van der Waals surface area contributed by atoms with Crippen LogP contribution in [-0.2, 0) is 0 Å². The molecule has 8 rings (SSSR count). The fraction of sp³-hybridized carbons (Fsp3) is 0. The van der Waals surface area contributed by atoms with Crippen LogP contribution in [0.15, 0.2) is 121 Å². The molecule has 158 valence electrons. The first-order chi connectivity index (χ1) is 16.9. The van der Waals surface area contributed by atoms with Crippen LogP contribution in [0, 0.1) is 0 Å². The summed E-state index contributed by atoms with van der Waals surface area (Å²) in [7, 11) is 0. The van der Waals surface area contributed by atoms with Crippen LogP contribution in [0.3, 0.4) is 0 Å². The summed E-state index contributed by atoms with van der Waals surface area (Å²) in [5.41, 5.74) is 10.0. The number of benzene rings is 4. The van der Waals surface area contributed by atoms with E-state index >= 15 is 0 Å². The Balaban J connectivity index is 1.60. The van der Waals surface area contributed by atoms with Gasteiger partial charge in [-0.25, -0.2) is 0 Å². The van der Waals surface area contributed by atoms with Crippen molar-refractivity contribution in [2.24, 2.45) is 0 Å². The van der Waals surface area contributed by atoms with Crippen LogP contribution in [0.1, 0.15) is 0 Å². The highest BCUT2D eigenvalue weighted by molar-refractivity contribution is 6.29. The maximum absolute atomic E-state index is 2.46. The second kappa shape index (κ2) is 6.49. The second-order valence-electron chi connectivity index (χ2n) is 9.02. The molecule has 0 bridgehead atoms. The Morgan fingerprint density at radius 3 is 1.94 bits per heavy atom. The highest BCUT2D eigenvalue weighted by Crippen LogP contribution is 2.44. The van der Waals surface area contributed by atoms with E-state index < -0.39 is 0 Å². The molecule has 0 fully saturated rings. The Morgan fingerprint density at radius 1 is 0.412 bits per heavy atom. The van der Waals surface area contributed by atoms with Gasteiger partial charge in [0.2, 0.25) is 0 Å². The van der Waals surface area contributed by atoms with E-state index in [0.29, 0.717) is 0 Å². The predicted octanol–water partition coefficient (Wildman–Crippen LogP) is 8.45. The standard InChI is InChI=1S/C32H20N2/c1-2-10-21(11-3-1)22-12-8-13-23(20-22)33-28-17-7-6-16-26(28)30-29-19-9-18-27-24-14-4-5-15-25(24)31(32(30)33)34(27)29/h1-20H. The smallest absolute Gasteiger partial charge is 0.0810 e. The third kappa shape index (κ3) is 2.20. The average molecular weight is 433 g/mol. The number of hydrogen-bond acceptors (Lipinski definition) is 0. The predicted molar refractivity (Wildman–Crippen MR) is 143 cm³/mol. The van der Waals surface area contributed by atoms with E-state index in [1.165, 1.54) is 65.9 Å². The van der Waals surface area contributed by atoms with Gasteiger partial charge in [-0.3, -0.25) is 0 Å². The van der Waals surface area contributed by atoms with Crippen molar-refractivity contribution in [1.29, 1.82) is 0 Å². The van der Waals surface area contributed by atoms with E-state index in [4.69, 9.17) is 0 Å². The molecule has 0 aliphatic heterocycles. The summed E-state index contributed by atoms with van der Waals surface area (Å²) in [5, 5.41) is 5.23. The highest BCUT2D eigenvalue weighted by atomic mass is 15.0. The number of fused-ring (bicyclic) bond motifs is 8. The fourth-order valence-electron chi connectivity index (χ4n) is 5.87. The first-order valence-corrected chi connectivity index (χ1v) is 11.7. The molecule has 0 N–H and O–H groups in total. The van der Waals surface area contributed by atoms with Crippen LogP contribution in [0.2, 0.25) is 0 Å². The Morgan fingerprint density at radius 2 is 1.06 bits per heavy atom. The molecule has 34 heavy (non-hydrogen) atoms. The first kappa shape index (κ1) is 17.9. The van der Waals surface area contributed by atoms with Gasteiger partial charge in [-0.2, -0.15) is 0 Å². The van der Waals surface area contributed by atoms with Crippen LogP contribution in [0.5, 0.6) is 0 Å². The fourth-order valence-corrected chi connectivity index (χ4v) is 5.87. The Hall–Kier alpha value is -4.56. The topological polar surface area (TPSA) is 9.34 Å². The molecular formula is C32H20N2. The SMILES string of the molecule is c1ccc(-c2cccc(-n3c4ccccc4c4c3c3c5ccccc5c5cccc4n53)c2)cc1. The van der Waals surface area contributed by atoms with Gasteiger partial charge >= 0.3 is 0 Å². The maximum atomic E-state index is 2.46. The molecule has 0 spiro atoms. The van der Waals surface area contributed by atoms with Crippen molar-refractivity contribution >= 4 is 49.1 Å². The lowest BCUT2D eigenvalue weighted by Crippen LogP contribution is -1.94. The van der Waals surface area contributed by atoms with E-state index in [-0.39, 0.29) is 0 Å². The van der Waals surface area contributed by atoms with Crippen LogP contribution in [-0.4, -0.2) is 8.97 Å². The van der Waals surface area contributed by atoms with Crippen LogP contribution in [0.25, 0.3) is 65.9 Å². The molecule has 0 amide bonds. The summed E-state index contributed by atoms with van der Waals surface area (Å²) in [6.07, 6.45) is 0. The molecule has 0 radical (unpaired) electrons. The van der Waals surface area contributed by atoms with Gasteiger partial charge in [-0.15, -0.1) is 0 Å². The molecule has 0 aliphatic rings. The van der Waals surface area contributed by atoms with Gasteiger partial charge in [0.25, 0.3) is 0 Å². The van der Waals surface area contributed by atoms with Crippen LogP contribution >= 0.6 is 0 Å². The normalized spacial score (nSPS) is 12.1. The van der Waals surface area contributed by atoms with E-state index in [1.807, 2.05) is 0 Å². The molecule has 0 saturated carbocycles. The Kier molecular flexibility index (Phi) is 3.42. The van der Waals surface area contributed by atoms with Crippen molar-refractivity contribution in [2.75, 3.05) is 0 Å². The zero-order valence-electron chi connectivity index (χ0n) is 18.4. The molecular weight excluding hydrogens is 412 g/mol. The molecule has 0 atom stereocenters. The molecule has 2 nitrogen and oxygen atoms in total. The first-order valence-electron chi connectivity index (χ1n) is 11.7. The molecule has 4 heterocycles. The average Bonchev–Trinajstić information content (AvgIpc) is 3.54. The molecule has 0 unspecified atom stereocenters. The molecule has 4 aromatic carbocycles. The van der Waals surface area contributed by atoms with Crippen molar-refractivity contribution in [3.63, 3.8) is 0 Å². The highest BCUT2D eigenvalue weighted by Gasteiger charge is 2.23. The van der Waals surface area contributed by atoms with Gasteiger partial charge in [0.1, 0.15) is 0 Å². The van der Waals surface area contributed by atoms with E-state index in [2.05, 4.69) is 130 Å². The third-order valence-electron chi connectivity index (χ3n) is 7.24. The quantitative estimate of drug-likeness (QED) is 0.259. The molecule has 0 saturated heterocycles. The van der Waals surface area contributed by atoms with Crippen molar-refractivity contribution in [3.05, 3.63) is 121 Å². The second-order valence-corrected chi connectivity index (χ2v) is 9.02. The summed E-state index contributed by atoms with van der Waals surface area (Å²) < 4.78 is 4.92. The van der Waals surface area contributed by atoms with Gasteiger partial charge in [0.15, 0.2) is 0 Å². The number of aromatic nitrogens is 2. The van der Waals surface area contributed by atoms with Crippen LogP contribution in [0.4, 0.5) is 0 Å². The van der Waals surface area contributed by atoms with E-state index in [1.54, 1.807) is 0 Å². The molecule has 0 aliphatic carbocycles. The summed E-state index contributed by atoms with van der Waals surface area (Å²) in [4.78, 5) is 0. The minimum Gasteiger partial charge on any atom is -0.307 e. The largest absolute Gasteiger partial charge is 0.307 e. The van der Waals surface area contributed by atoms with Gasteiger partial charge in [-0.05, 0) is 41.5 Å². The minimum atomic E-state index is 1.19. The lowest BCUT2D eigenvalue weighted by Gasteiger charge is -2.10. The van der Waals surface area contributed by atoms with Gasteiger partial charge in [-0.1, -0.05) is 91.0 Å². The number of hydrogen-bond donors (Lipinski definition) is 0. The zero-order valence-corrected chi connectivity index (χ0v) is 18.4. The van der Waals surface area contributed by atoms with E-state index in [0.717, 1.165) is 0 Å². The Bertz CT molecular complexity index is 2000. The summed E-state index contributed by atoms with van der Waals surface area (Å²) in [5.74, 6) is 0. The van der Waals surface area contributed by atoms with E-state index in [9.17, 15) is 0 Å². The number of rotatable bonds is 2. The monoisotopic (exact) mass is 432 g/mol. The Labute approximate surface area is 196 Å². The minimum absolute atomic E-state index is 1.19. The zero-order chi connectivity index (χ0) is 22.2. The third-order valence-corrected chi connectivity index (χ3v) is 7.24. The maximum Gasteiger partial charge on any atom is 0.0810 e. The van der Waals surface area contributed by atoms with Crippen molar-refractivity contribution in [2.45, 2.75) is 0 Å². The lowest BCUT2D eigenvalue weighted by molar-refractivity contribution is 1.18. The number of para-hydroxylation sites is 1. The van der Waals surface area contributed by atoms with Gasteiger partial charge in [0, 0.05) is 27.2 Å². The molecule has 2 heteroatoms. The summed E-state index contributed by atoms with van der Waals surface area (Å²) >= 11 is 0. The van der Waals surface area contributed by atoms with Crippen molar-refractivity contribution in [3.8, 4) is 16.8 Å². The van der Waals surface area contributed by atoms with Crippen molar-refractivity contribution < 1.29 is 0 Å². The number of nitrogens with zero attached hydrogens (tertiary/aromatic N) is 2. The van der Waals surface area contributed by atoms with Crippen molar-refractivity contribution in [1.82, 2.24) is 8.97 Å². The lowest BCUT2D eigenvalue weighted by atomic mass is 10.1. The summed E-state index contributed by atoms with van der Waals surface area (Å²) in [6.45, 7) is 0.